The predicted molar refractivity (Wildman–Crippen MR) is 103 cm³/mol. The Balaban J connectivity index is 1.91. The molecule has 8 heteroatoms. The third kappa shape index (κ3) is 4.09. The number of nitrogens with zero attached hydrogens (tertiary/aromatic N) is 2. The molecule has 0 aliphatic heterocycles. The number of anilines is 1. The minimum absolute atomic E-state index is 0.151. The lowest BCUT2D eigenvalue weighted by molar-refractivity contribution is 0.103. The van der Waals surface area contributed by atoms with E-state index < -0.39 is 0 Å². The molecule has 0 unspecified atom stereocenters. The molecule has 2 aromatic heterocycles. The lowest BCUT2D eigenvalue weighted by atomic mass is 10.1. The molecule has 3 rings (SSSR count). The third-order valence-corrected chi connectivity index (χ3v) is 5.19. The number of hydrogen-bond acceptors (Lipinski definition) is 5. The summed E-state index contributed by atoms with van der Waals surface area (Å²) in [6.45, 7) is 0.844. The Morgan fingerprint density at radius 1 is 1.40 bits per heavy atom. The summed E-state index contributed by atoms with van der Waals surface area (Å²) in [6.07, 6.45) is 1.72. The molecule has 1 amide bonds. The van der Waals surface area contributed by atoms with Gasteiger partial charge in [0, 0.05) is 40.9 Å². The van der Waals surface area contributed by atoms with Crippen LogP contribution in [0.15, 0.2) is 46.4 Å². The Kier molecular flexibility index (Phi) is 5.52. The summed E-state index contributed by atoms with van der Waals surface area (Å²) < 4.78 is 8.38. The fraction of sp³-hybridized carbons (Fsp3) is 0.176. The Morgan fingerprint density at radius 3 is 2.88 bits per heavy atom. The largest absolute Gasteiger partial charge is 0.492 e. The van der Waals surface area contributed by atoms with Gasteiger partial charge >= 0.3 is 0 Å². The first-order chi connectivity index (χ1) is 12.1. The van der Waals surface area contributed by atoms with Gasteiger partial charge in [-0.3, -0.25) is 9.48 Å². The average molecular weight is 421 g/mol. The Labute approximate surface area is 157 Å². The highest BCUT2D eigenvalue weighted by Crippen LogP contribution is 2.32. The van der Waals surface area contributed by atoms with E-state index in [1.165, 1.54) is 11.3 Å². The van der Waals surface area contributed by atoms with Crippen molar-refractivity contribution >= 4 is 38.9 Å². The summed E-state index contributed by atoms with van der Waals surface area (Å²) in [4.78, 5) is 13.0. The molecule has 0 bridgehead atoms. The van der Waals surface area contributed by atoms with Crippen molar-refractivity contribution in [1.82, 2.24) is 9.78 Å². The van der Waals surface area contributed by atoms with Crippen molar-refractivity contribution in [2.75, 3.05) is 18.5 Å². The number of nitrogens with one attached hydrogen (secondary N) is 1. The zero-order valence-corrected chi connectivity index (χ0v) is 15.9. The Bertz CT molecular complexity index is 890. The van der Waals surface area contributed by atoms with Crippen molar-refractivity contribution in [2.24, 2.45) is 12.8 Å². The van der Waals surface area contributed by atoms with E-state index in [0.717, 1.165) is 15.7 Å². The zero-order valence-electron chi connectivity index (χ0n) is 13.5. The van der Waals surface area contributed by atoms with Crippen molar-refractivity contribution < 1.29 is 9.53 Å². The van der Waals surface area contributed by atoms with Crippen LogP contribution in [0, 0.1) is 0 Å². The van der Waals surface area contributed by atoms with Crippen LogP contribution in [-0.4, -0.2) is 28.8 Å². The van der Waals surface area contributed by atoms with Crippen LogP contribution in [0.3, 0.4) is 0 Å². The summed E-state index contributed by atoms with van der Waals surface area (Å²) in [5.74, 6) is 0.549. The molecule has 0 radical (unpaired) electrons. The third-order valence-electron chi connectivity index (χ3n) is 3.50. The predicted octanol–water partition coefficient (Wildman–Crippen LogP) is 3.50. The maximum Gasteiger partial charge on any atom is 0.265 e. The molecule has 0 aliphatic carbocycles. The van der Waals surface area contributed by atoms with Gasteiger partial charge in [0.2, 0.25) is 0 Å². The second kappa shape index (κ2) is 7.81. The van der Waals surface area contributed by atoms with Gasteiger partial charge in [0.15, 0.2) is 0 Å². The van der Waals surface area contributed by atoms with Crippen LogP contribution >= 0.6 is 27.3 Å². The molecule has 130 valence electrons. The number of rotatable bonds is 6. The first-order valence-electron chi connectivity index (χ1n) is 7.59. The molecule has 0 saturated heterocycles. The second-order valence-corrected chi connectivity index (χ2v) is 7.10. The molecular formula is C17H17BrN4O2S. The lowest BCUT2D eigenvalue weighted by Crippen LogP contribution is -2.12. The Hall–Kier alpha value is -2.16. The van der Waals surface area contributed by atoms with Crippen LogP contribution in [0.25, 0.3) is 11.3 Å². The number of hydrogen-bond donors (Lipinski definition) is 2. The van der Waals surface area contributed by atoms with Crippen molar-refractivity contribution in [1.29, 1.82) is 0 Å². The van der Waals surface area contributed by atoms with E-state index in [2.05, 4.69) is 26.3 Å². The van der Waals surface area contributed by atoms with Crippen LogP contribution in [0.5, 0.6) is 5.75 Å². The topological polar surface area (TPSA) is 82.2 Å². The molecular weight excluding hydrogens is 404 g/mol. The van der Waals surface area contributed by atoms with E-state index in [4.69, 9.17) is 10.5 Å². The van der Waals surface area contributed by atoms with E-state index >= 15 is 0 Å². The number of aromatic nitrogens is 2. The van der Waals surface area contributed by atoms with E-state index in [-0.39, 0.29) is 5.91 Å². The number of carbonyl (C=O) groups is 1. The summed E-state index contributed by atoms with van der Waals surface area (Å²) in [5, 5.41) is 8.99. The molecule has 0 fully saturated rings. The number of halogens is 1. The zero-order chi connectivity index (χ0) is 17.8. The maximum atomic E-state index is 12.4. The lowest BCUT2D eigenvalue weighted by Gasteiger charge is -2.13. The van der Waals surface area contributed by atoms with Crippen molar-refractivity contribution in [3.63, 3.8) is 0 Å². The summed E-state index contributed by atoms with van der Waals surface area (Å²) in [6, 6.07) is 9.21. The molecule has 1 aromatic carbocycles. The number of nitrogens with two attached hydrogens (primary N) is 1. The average Bonchev–Trinajstić information content (AvgIpc) is 3.22. The van der Waals surface area contributed by atoms with Crippen LogP contribution < -0.4 is 15.8 Å². The van der Waals surface area contributed by atoms with Gasteiger partial charge < -0.3 is 15.8 Å². The van der Waals surface area contributed by atoms with Crippen molar-refractivity contribution in [3.8, 4) is 17.0 Å². The molecule has 2 heterocycles. The van der Waals surface area contributed by atoms with E-state index in [1.54, 1.807) is 16.9 Å². The molecule has 3 aromatic rings. The minimum Gasteiger partial charge on any atom is -0.492 e. The summed E-state index contributed by atoms with van der Waals surface area (Å²) >= 11 is 4.74. The molecule has 0 spiro atoms. The van der Waals surface area contributed by atoms with E-state index in [0.29, 0.717) is 29.5 Å². The van der Waals surface area contributed by atoms with Gasteiger partial charge in [-0.2, -0.15) is 5.10 Å². The van der Waals surface area contributed by atoms with Crippen LogP contribution in [0.1, 0.15) is 9.67 Å². The number of amides is 1. The molecule has 25 heavy (non-hydrogen) atoms. The SMILES string of the molecule is Cn1nccc1-c1cc(NC(=O)c2cc(Br)cs2)ccc1OCCN. The van der Waals surface area contributed by atoms with Gasteiger partial charge in [-0.15, -0.1) is 11.3 Å². The van der Waals surface area contributed by atoms with Crippen molar-refractivity contribution in [2.45, 2.75) is 0 Å². The smallest absolute Gasteiger partial charge is 0.265 e. The molecule has 0 atom stereocenters. The van der Waals surface area contributed by atoms with Crippen molar-refractivity contribution in [3.05, 3.63) is 51.3 Å². The minimum atomic E-state index is -0.151. The molecule has 3 N–H and O–H groups in total. The summed E-state index contributed by atoms with van der Waals surface area (Å²) in [7, 11) is 1.86. The van der Waals surface area contributed by atoms with E-state index in [9.17, 15) is 4.79 Å². The van der Waals surface area contributed by atoms with E-state index in [1.807, 2.05) is 36.7 Å². The highest BCUT2D eigenvalue weighted by molar-refractivity contribution is 9.10. The van der Waals surface area contributed by atoms with Crippen LogP contribution in [-0.2, 0) is 7.05 Å². The van der Waals surface area contributed by atoms with Gasteiger partial charge in [0.1, 0.15) is 12.4 Å². The molecule has 0 aliphatic rings. The van der Waals surface area contributed by atoms with Gasteiger partial charge in [0.25, 0.3) is 5.91 Å². The first kappa shape index (κ1) is 17.7. The first-order valence-corrected chi connectivity index (χ1v) is 9.26. The monoisotopic (exact) mass is 420 g/mol. The van der Waals surface area contributed by atoms with Gasteiger partial charge in [-0.1, -0.05) is 0 Å². The maximum absolute atomic E-state index is 12.4. The van der Waals surface area contributed by atoms with Gasteiger partial charge in [-0.05, 0) is 46.3 Å². The van der Waals surface area contributed by atoms with Gasteiger partial charge in [-0.25, -0.2) is 0 Å². The fourth-order valence-corrected chi connectivity index (χ4v) is 3.69. The molecule has 6 nitrogen and oxygen atoms in total. The number of aryl methyl sites for hydroxylation is 1. The quantitative estimate of drug-likeness (QED) is 0.639. The number of ether oxygens (including phenoxy) is 1. The highest BCUT2D eigenvalue weighted by Gasteiger charge is 2.14. The normalized spacial score (nSPS) is 10.7. The van der Waals surface area contributed by atoms with Crippen LogP contribution in [0.4, 0.5) is 5.69 Å². The Morgan fingerprint density at radius 2 is 2.24 bits per heavy atom. The number of thiophene rings is 1. The molecule has 0 saturated carbocycles. The standard InChI is InChI=1S/C17H17BrN4O2S/c1-22-14(4-6-20-22)13-9-12(2-3-15(13)24-7-5-19)21-17(23)16-8-11(18)10-25-16/h2-4,6,8-10H,5,7,19H2,1H3,(H,21,23). The second-order valence-electron chi connectivity index (χ2n) is 5.27. The van der Waals surface area contributed by atoms with Gasteiger partial charge in [0.05, 0.1) is 10.6 Å². The fourth-order valence-electron chi connectivity index (χ4n) is 2.37. The summed E-state index contributed by atoms with van der Waals surface area (Å²) in [5.41, 5.74) is 7.96. The number of carbonyl (C=O) groups excluding carboxylic acids is 1. The number of benzene rings is 1. The van der Waals surface area contributed by atoms with Crippen LogP contribution in [0.2, 0.25) is 0 Å². The highest BCUT2D eigenvalue weighted by atomic mass is 79.9.